The summed E-state index contributed by atoms with van der Waals surface area (Å²) in [6.45, 7) is 3.22. The molecule has 2 heterocycles. The molecule has 3 aromatic rings. The lowest BCUT2D eigenvalue weighted by Gasteiger charge is -2.35. The van der Waals surface area contributed by atoms with Crippen molar-refractivity contribution >= 4 is 16.9 Å². The van der Waals surface area contributed by atoms with Gasteiger partial charge in [0.2, 0.25) is 0 Å². The number of carbonyl (C=O) groups excluding carboxylic acids is 1. The highest BCUT2D eigenvalue weighted by Gasteiger charge is 2.24. The van der Waals surface area contributed by atoms with E-state index in [1.807, 2.05) is 0 Å². The molecule has 6 nitrogen and oxygen atoms in total. The van der Waals surface area contributed by atoms with E-state index < -0.39 is 5.63 Å². The van der Waals surface area contributed by atoms with Crippen LogP contribution in [0.3, 0.4) is 0 Å². The fraction of sp³-hybridized carbons (Fsp3) is 0.273. The zero-order chi connectivity index (χ0) is 20.4. The fourth-order valence-electron chi connectivity index (χ4n) is 3.57. The third kappa shape index (κ3) is 4.14. The number of ether oxygens (including phenoxy) is 1. The molecule has 1 saturated heterocycles. The molecule has 1 aliphatic rings. The molecule has 0 N–H and O–H groups in total. The molecule has 1 amide bonds. The lowest BCUT2D eigenvalue weighted by molar-refractivity contribution is 0.0629. The summed E-state index contributed by atoms with van der Waals surface area (Å²) in [6, 6.07) is 12.8. The summed E-state index contributed by atoms with van der Waals surface area (Å²) in [4.78, 5) is 29.0. The molecule has 150 valence electrons. The Morgan fingerprint density at radius 1 is 1.07 bits per heavy atom. The number of amides is 1. The van der Waals surface area contributed by atoms with Crippen molar-refractivity contribution in [3.63, 3.8) is 0 Å². The Morgan fingerprint density at radius 3 is 2.48 bits per heavy atom. The molecule has 0 radical (unpaired) electrons. The summed E-state index contributed by atoms with van der Waals surface area (Å²) < 4.78 is 23.4. The van der Waals surface area contributed by atoms with Crippen molar-refractivity contribution in [2.45, 2.75) is 6.54 Å². The predicted octanol–water partition coefficient (Wildman–Crippen LogP) is 2.90. The highest BCUT2D eigenvalue weighted by molar-refractivity contribution is 6.05. The van der Waals surface area contributed by atoms with Crippen LogP contribution in [0.1, 0.15) is 15.9 Å². The second kappa shape index (κ2) is 8.05. The third-order valence-electron chi connectivity index (χ3n) is 5.16. The van der Waals surface area contributed by atoms with E-state index in [2.05, 4.69) is 4.90 Å². The zero-order valence-corrected chi connectivity index (χ0v) is 16.1. The van der Waals surface area contributed by atoms with Gasteiger partial charge in [-0.15, -0.1) is 0 Å². The van der Waals surface area contributed by atoms with Crippen LogP contribution in [0.4, 0.5) is 4.39 Å². The Morgan fingerprint density at radius 2 is 1.79 bits per heavy atom. The van der Waals surface area contributed by atoms with Crippen LogP contribution in [-0.4, -0.2) is 49.0 Å². The van der Waals surface area contributed by atoms with E-state index in [0.29, 0.717) is 55.0 Å². The topological polar surface area (TPSA) is 63.0 Å². The Kier molecular flexibility index (Phi) is 5.31. The molecule has 0 spiro atoms. The zero-order valence-electron chi connectivity index (χ0n) is 16.1. The first-order chi connectivity index (χ1) is 14.0. The smallest absolute Gasteiger partial charge is 0.337 e. The van der Waals surface area contributed by atoms with Crippen molar-refractivity contribution in [1.29, 1.82) is 0 Å². The number of fused-ring (bicyclic) bond motifs is 1. The van der Waals surface area contributed by atoms with E-state index in [9.17, 15) is 14.0 Å². The summed E-state index contributed by atoms with van der Waals surface area (Å²) in [7, 11) is 1.53. The van der Waals surface area contributed by atoms with Crippen LogP contribution in [0, 0.1) is 5.82 Å². The molecule has 4 rings (SSSR count). The normalized spacial score (nSPS) is 14.9. The summed E-state index contributed by atoms with van der Waals surface area (Å²) in [6.07, 6.45) is 0. The van der Waals surface area contributed by atoms with Crippen LogP contribution in [0.5, 0.6) is 5.75 Å². The third-order valence-corrected chi connectivity index (χ3v) is 5.16. The van der Waals surface area contributed by atoms with Crippen molar-refractivity contribution in [3.05, 3.63) is 75.9 Å². The molecular formula is C22H21FN2O4. The van der Waals surface area contributed by atoms with Crippen LogP contribution in [-0.2, 0) is 6.54 Å². The SMILES string of the molecule is COc1ccc2c(C(=O)N3CCN(Cc4ccc(F)cc4)CC3)cc(=O)oc2c1. The van der Waals surface area contributed by atoms with Gasteiger partial charge < -0.3 is 14.1 Å². The number of halogens is 1. The minimum Gasteiger partial charge on any atom is -0.497 e. The van der Waals surface area contributed by atoms with Crippen LogP contribution in [0.15, 0.2) is 57.7 Å². The number of hydrogen-bond acceptors (Lipinski definition) is 5. The van der Waals surface area contributed by atoms with E-state index in [0.717, 1.165) is 5.56 Å². The largest absolute Gasteiger partial charge is 0.497 e. The molecule has 1 aliphatic heterocycles. The molecule has 1 fully saturated rings. The van der Waals surface area contributed by atoms with Gasteiger partial charge in [0.25, 0.3) is 5.91 Å². The van der Waals surface area contributed by atoms with Gasteiger partial charge in [0, 0.05) is 50.2 Å². The molecule has 1 aromatic heterocycles. The Bertz CT molecular complexity index is 1090. The first-order valence-corrected chi connectivity index (χ1v) is 9.41. The van der Waals surface area contributed by atoms with Crippen molar-refractivity contribution in [2.75, 3.05) is 33.3 Å². The molecule has 2 aromatic carbocycles. The summed E-state index contributed by atoms with van der Waals surface area (Å²) in [5.74, 6) is 0.121. The second-order valence-electron chi connectivity index (χ2n) is 7.04. The van der Waals surface area contributed by atoms with E-state index in [-0.39, 0.29) is 11.7 Å². The van der Waals surface area contributed by atoms with Gasteiger partial charge in [0.15, 0.2) is 0 Å². The number of rotatable bonds is 4. The van der Waals surface area contributed by atoms with E-state index >= 15 is 0 Å². The molecule has 7 heteroatoms. The summed E-state index contributed by atoms with van der Waals surface area (Å²) in [5, 5.41) is 0.587. The molecule has 29 heavy (non-hydrogen) atoms. The first kappa shape index (κ1) is 19.1. The predicted molar refractivity (Wildman–Crippen MR) is 107 cm³/mol. The van der Waals surface area contributed by atoms with Crippen molar-refractivity contribution in [3.8, 4) is 5.75 Å². The van der Waals surface area contributed by atoms with Crippen molar-refractivity contribution in [1.82, 2.24) is 9.80 Å². The van der Waals surface area contributed by atoms with Gasteiger partial charge in [-0.25, -0.2) is 9.18 Å². The number of methoxy groups -OCH3 is 1. The van der Waals surface area contributed by atoms with E-state index in [4.69, 9.17) is 9.15 Å². The molecule has 0 bridgehead atoms. The summed E-state index contributed by atoms with van der Waals surface area (Å²) >= 11 is 0. The minimum absolute atomic E-state index is 0.186. The maximum absolute atomic E-state index is 13.1. The van der Waals surface area contributed by atoms with Crippen LogP contribution in [0.25, 0.3) is 11.0 Å². The van der Waals surface area contributed by atoms with Gasteiger partial charge in [-0.05, 0) is 29.8 Å². The highest BCUT2D eigenvalue weighted by atomic mass is 19.1. The van der Waals surface area contributed by atoms with Gasteiger partial charge >= 0.3 is 5.63 Å². The van der Waals surface area contributed by atoms with Crippen molar-refractivity contribution < 1.29 is 18.3 Å². The van der Waals surface area contributed by atoms with Crippen LogP contribution >= 0.6 is 0 Å². The van der Waals surface area contributed by atoms with Gasteiger partial charge in [-0.1, -0.05) is 12.1 Å². The van der Waals surface area contributed by atoms with Gasteiger partial charge in [-0.2, -0.15) is 0 Å². The lowest BCUT2D eigenvalue weighted by Crippen LogP contribution is -2.48. The van der Waals surface area contributed by atoms with Gasteiger partial charge in [-0.3, -0.25) is 9.69 Å². The molecule has 0 aliphatic carbocycles. The Labute approximate surface area is 167 Å². The van der Waals surface area contributed by atoms with Crippen LogP contribution in [0.2, 0.25) is 0 Å². The Balaban J connectivity index is 1.48. The highest BCUT2D eigenvalue weighted by Crippen LogP contribution is 2.24. The van der Waals surface area contributed by atoms with E-state index in [1.54, 1.807) is 35.2 Å². The second-order valence-corrected chi connectivity index (χ2v) is 7.04. The van der Waals surface area contributed by atoms with Gasteiger partial charge in [0.1, 0.15) is 17.1 Å². The number of benzene rings is 2. The minimum atomic E-state index is -0.566. The average molecular weight is 396 g/mol. The number of piperazine rings is 1. The number of nitrogens with zero attached hydrogens (tertiary/aromatic N) is 2. The first-order valence-electron chi connectivity index (χ1n) is 9.41. The monoisotopic (exact) mass is 396 g/mol. The standard InChI is InChI=1S/C22H21FN2O4/c1-28-17-6-7-18-19(13-21(26)29-20(18)12-17)22(27)25-10-8-24(9-11-25)14-15-2-4-16(23)5-3-15/h2-7,12-13H,8-11,14H2,1H3. The maximum atomic E-state index is 13.1. The molecule has 0 unspecified atom stereocenters. The summed E-state index contributed by atoms with van der Waals surface area (Å²) in [5.41, 5.74) is 1.14. The number of hydrogen-bond donors (Lipinski definition) is 0. The quantitative estimate of drug-likeness (QED) is 0.635. The van der Waals surface area contributed by atoms with E-state index in [1.165, 1.54) is 25.3 Å². The van der Waals surface area contributed by atoms with Gasteiger partial charge in [0.05, 0.1) is 12.7 Å². The Hall–Kier alpha value is -3.19. The fourth-order valence-corrected chi connectivity index (χ4v) is 3.57. The molecule has 0 saturated carbocycles. The van der Waals surface area contributed by atoms with Crippen molar-refractivity contribution in [2.24, 2.45) is 0 Å². The van der Waals surface area contributed by atoms with Crippen LogP contribution < -0.4 is 10.4 Å². The number of carbonyl (C=O) groups is 1. The molecule has 0 atom stereocenters. The molecular weight excluding hydrogens is 375 g/mol. The lowest BCUT2D eigenvalue weighted by atomic mass is 10.1. The maximum Gasteiger partial charge on any atom is 0.337 e. The average Bonchev–Trinajstić information content (AvgIpc) is 2.74.